The van der Waals surface area contributed by atoms with Crippen molar-refractivity contribution in [3.05, 3.63) is 34.6 Å². The van der Waals surface area contributed by atoms with Crippen molar-refractivity contribution in [2.75, 3.05) is 14.2 Å². The first-order valence-corrected chi connectivity index (χ1v) is 7.03. The number of H-pyrrole nitrogens is 1. The number of methoxy groups -OCH3 is 2. The Hall–Kier alpha value is -3.10. The monoisotopic (exact) mass is 334 g/mol. The van der Waals surface area contributed by atoms with Gasteiger partial charge in [0.2, 0.25) is 11.8 Å². The minimum atomic E-state index is -1.25. The highest BCUT2D eigenvalue weighted by Crippen LogP contribution is 2.23. The molecule has 0 spiro atoms. The lowest BCUT2D eigenvalue weighted by Crippen LogP contribution is -2.34. The molecule has 0 aliphatic heterocycles. The third kappa shape index (κ3) is 3.29. The molecule has 9 heteroatoms. The molecule has 0 bridgehead atoms. The number of aliphatic carboxylic acids is 1. The number of hydrogen-bond acceptors (Lipinski definition) is 6. The van der Waals surface area contributed by atoms with E-state index in [1.165, 1.54) is 26.4 Å². The van der Waals surface area contributed by atoms with Gasteiger partial charge in [-0.15, -0.1) is 0 Å². The zero-order chi connectivity index (χ0) is 17.9. The van der Waals surface area contributed by atoms with E-state index in [0.29, 0.717) is 17.0 Å². The molecule has 0 saturated carbocycles. The van der Waals surface area contributed by atoms with Crippen LogP contribution in [-0.2, 0) is 4.79 Å². The topological polar surface area (TPSA) is 126 Å². The van der Waals surface area contributed by atoms with Gasteiger partial charge in [-0.3, -0.25) is 9.89 Å². The van der Waals surface area contributed by atoms with Crippen molar-refractivity contribution < 1.29 is 24.2 Å². The van der Waals surface area contributed by atoms with E-state index in [9.17, 15) is 14.7 Å². The molecule has 1 amide bonds. The van der Waals surface area contributed by atoms with Crippen LogP contribution in [0.25, 0.3) is 0 Å². The molecule has 0 saturated heterocycles. The molecule has 0 radical (unpaired) electrons. The maximum atomic E-state index is 12.5. The maximum absolute atomic E-state index is 12.5. The standard InChI is InChI=1S/C15H18N4O5/c1-7-11(8(2)19-18-7)12(15(21)22)17-13(20)9-5-6-10(23-3)16-14(9)24-4/h5-6,12H,1-4H3,(H,17,20)(H,18,19)(H,21,22)/t12-/m0/s1. The number of hydrogen-bond donors (Lipinski definition) is 3. The molecule has 2 aromatic rings. The van der Waals surface area contributed by atoms with E-state index in [4.69, 9.17) is 9.47 Å². The van der Waals surface area contributed by atoms with E-state index in [1.54, 1.807) is 13.8 Å². The highest BCUT2D eigenvalue weighted by molar-refractivity contribution is 5.98. The number of carboxylic acid groups (broad SMARTS) is 1. The average Bonchev–Trinajstić information content (AvgIpc) is 2.90. The molecule has 24 heavy (non-hydrogen) atoms. The molecular weight excluding hydrogens is 316 g/mol. The zero-order valence-corrected chi connectivity index (χ0v) is 13.7. The zero-order valence-electron chi connectivity index (χ0n) is 13.7. The molecule has 2 rings (SSSR count). The minimum absolute atomic E-state index is 0.0385. The Kier molecular flexibility index (Phi) is 5.02. The number of amides is 1. The Morgan fingerprint density at radius 2 is 1.96 bits per heavy atom. The van der Waals surface area contributed by atoms with Crippen molar-refractivity contribution in [2.24, 2.45) is 0 Å². The van der Waals surface area contributed by atoms with Crippen LogP contribution in [0, 0.1) is 13.8 Å². The number of nitrogens with zero attached hydrogens (tertiary/aromatic N) is 2. The van der Waals surface area contributed by atoms with Gasteiger partial charge < -0.3 is 19.9 Å². The Balaban J connectivity index is 2.34. The molecule has 0 aromatic carbocycles. The van der Waals surface area contributed by atoms with Crippen LogP contribution in [0.2, 0.25) is 0 Å². The first-order chi connectivity index (χ1) is 11.4. The summed E-state index contributed by atoms with van der Waals surface area (Å²) in [5, 5.41) is 18.6. The van der Waals surface area contributed by atoms with Crippen molar-refractivity contribution in [3.63, 3.8) is 0 Å². The van der Waals surface area contributed by atoms with Gasteiger partial charge >= 0.3 is 5.97 Å². The fourth-order valence-corrected chi connectivity index (χ4v) is 2.32. The summed E-state index contributed by atoms with van der Waals surface area (Å²) in [5.41, 5.74) is 1.58. The van der Waals surface area contributed by atoms with E-state index in [-0.39, 0.29) is 17.3 Å². The predicted octanol–water partition coefficient (Wildman–Crippen LogP) is 0.994. The molecule has 2 aromatic heterocycles. The number of ether oxygens (including phenoxy) is 2. The smallest absolute Gasteiger partial charge is 0.331 e. The summed E-state index contributed by atoms with van der Waals surface area (Å²) >= 11 is 0. The molecule has 0 unspecified atom stereocenters. The third-order valence-corrected chi connectivity index (χ3v) is 3.48. The van der Waals surface area contributed by atoms with E-state index < -0.39 is 17.9 Å². The molecule has 0 fully saturated rings. The Morgan fingerprint density at radius 1 is 1.25 bits per heavy atom. The first-order valence-electron chi connectivity index (χ1n) is 7.03. The van der Waals surface area contributed by atoms with Crippen LogP contribution in [0.5, 0.6) is 11.8 Å². The number of carboxylic acids is 1. The first kappa shape index (κ1) is 17.3. The van der Waals surface area contributed by atoms with E-state index in [2.05, 4.69) is 20.5 Å². The van der Waals surface area contributed by atoms with Crippen molar-refractivity contribution in [1.29, 1.82) is 0 Å². The van der Waals surface area contributed by atoms with Gasteiger partial charge in [0.1, 0.15) is 5.56 Å². The number of aryl methyl sites for hydroxylation is 2. The predicted molar refractivity (Wildman–Crippen MR) is 83.2 cm³/mol. The molecular formula is C15H18N4O5. The van der Waals surface area contributed by atoms with Gasteiger partial charge in [0.25, 0.3) is 5.91 Å². The highest BCUT2D eigenvalue weighted by atomic mass is 16.5. The van der Waals surface area contributed by atoms with Crippen LogP contribution >= 0.6 is 0 Å². The second kappa shape index (κ2) is 6.99. The van der Waals surface area contributed by atoms with Gasteiger partial charge in [-0.05, 0) is 19.9 Å². The molecule has 1 atom stereocenters. The fourth-order valence-electron chi connectivity index (χ4n) is 2.32. The molecule has 128 valence electrons. The molecule has 3 N–H and O–H groups in total. The molecule has 2 heterocycles. The largest absolute Gasteiger partial charge is 0.481 e. The average molecular weight is 334 g/mol. The Bertz CT molecular complexity index is 752. The SMILES string of the molecule is COc1ccc(C(=O)N[C@H](C(=O)O)c2c(C)n[nH]c2C)c(OC)n1. The summed E-state index contributed by atoms with van der Waals surface area (Å²) < 4.78 is 10.0. The number of aromatic amines is 1. The van der Waals surface area contributed by atoms with Crippen LogP contribution in [0.15, 0.2) is 12.1 Å². The van der Waals surface area contributed by atoms with Gasteiger partial charge in [-0.25, -0.2) is 4.79 Å². The lowest BCUT2D eigenvalue weighted by molar-refractivity contribution is -0.139. The van der Waals surface area contributed by atoms with Crippen molar-refractivity contribution in [3.8, 4) is 11.8 Å². The van der Waals surface area contributed by atoms with Gasteiger partial charge in [0.05, 0.1) is 19.9 Å². The van der Waals surface area contributed by atoms with Crippen molar-refractivity contribution >= 4 is 11.9 Å². The number of pyridine rings is 1. The third-order valence-electron chi connectivity index (χ3n) is 3.48. The minimum Gasteiger partial charge on any atom is -0.481 e. The summed E-state index contributed by atoms with van der Waals surface area (Å²) in [6.07, 6.45) is 0. The molecule has 0 aliphatic rings. The lowest BCUT2D eigenvalue weighted by Gasteiger charge is -2.16. The van der Waals surface area contributed by atoms with Gasteiger partial charge in [-0.1, -0.05) is 0 Å². The van der Waals surface area contributed by atoms with E-state index in [1.807, 2.05) is 0 Å². The second-order valence-electron chi connectivity index (χ2n) is 5.00. The summed E-state index contributed by atoms with van der Waals surface area (Å²) in [4.78, 5) is 28.1. The lowest BCUT2D eigenvalue weighted by atomic mass is 10.0. The van der Waals surface area contributed by atoms with Gasteiger partial charge in [-0.2, -0.15) is 10.1 Å². The maximum Gasteiger partial charge on any atom is 0.331 e. The van der Waals surface area contributed by atoms with E-state index in [0.717, 1.165) is 0 Å². The molecule has 0 aliphatic carbocycles. The van der Waals surface area contributed by atoms with Gasteiger partial charge in [0.15, 0.2) is 6.04 Å². The number of rotatable bonds is 6. The quantitative estimate of drug-likeness (QED) is 0.719. The van der Waals surface area contributed by atoms with Crippen LogP contribution in [0.3, 0.4) is 0 Å². The van der Waals surface area contributed by atoms with Crippen LogP contribution < -0.4 is 14.8 Å². The number of carbonyl (C=O) groups excluding carboxylic acids is 1. The van der Waals surface area contributed by atoms with Crippen LogP contribution in [0.1, 0.15) is 33.4 Å². The summed E-state index contributed by atoms with van der Waals surface area (Å²) in [6.45, 7) is 3.35. The summed E-state index contributed by atoms with van der Waals surface area (Å²) in [7, 11) is 2.80. The second-order valence-corrected chi connectivity index (χ2v) is 5.00. The van der Waals surface area contributed by atoms with Crippen LogP contribution in [0.4, 0.5) is 0 Å². The Labute approximate surface area is 138 Å². The number of nitrogens with one attached hydrogen (secondary N) is 2. The fraction of sp³-hybridized carbons (Fsp3) is 0.333. The highest BCUT2D eigenvalue weighted by Gasteiger charge is 2.28. The van der Waals surface area contributed by atoms with Crippen molar-refractivity contribution in [1.82, 2.24) is 20.5 Å². The summed E-state index contributed by atoms with van der Waals surface area (Å²) in [5.74, 6) is -1.51. The van der Waals surface area contributed by atoms with E-state index >= 15 is 0 Å². The van der Waals surface area contributed by atoms with Gasteiger partial charge in [0, 0.05) is 17.3 Å². The number of carbonyl (C=O) groups is 2. The molecule has 9 nitrogen and oxygen atoms in total. The normalized spacial score (nSPS) is 11.7. The van der Waals surface area contributed by atoms with Crippen molar-refractivity contribution in [2.45, 2.75) is 19.9 Å². The van der Waals surface area contributed by atoms with Crippen LogP contribution in [-0.4, -0.2) is 46.4 Å². The summed E-state index contributed by atoms with van der Waals surface area (Å²) in [6, 6.07) is 1.69. The Morgan fingerprint density at radius 3 is 2.46 bits per heavy atom. The number of aromatic nitrogens is 3.